The number of halogens is 1. The van der Waals surface area contributed by atoms with Crippen LogP contribution in [0, 0.1) is 13.8 Å². The number of esters is 1. The maximum Gasteiger partial charge on any atom is 0.338 e. The topological polar surface area (TPSA) is 102 Å². The summed E-state index contributed by atoms with van der Waals surface area (Å²) in [7, 11) is -1.70. The number of nitrogens with one attached hydrogen (secondary N) is 1. The molecule has 0 aliphatic carbocycles. The van der Waals surface area contributed by atoms with Crippen LogP contribution in [-0.4, -0.2) is 45.5 Å². The Labute approximate surface area is 174 Å². The summed E-state index contributed by atoms with van der Waals surface area (Å²) in [6.45, 7) is 3.20. The van der Waals surface area contributed by atoms with Gasteiger partial charge in [-0.25, -0.2) is 13.2 Å². The molecule has 29 heavy (non-hydrogen) atoms. The lowest BCUT2D eigenvalue weighted by molar-refractivity contribution is -0.119. The van der Waals surface area contributed by atoms with Gasteiger partial charge in [-0.2, -0.15) is 0 Å². The van der Waals surface area contributed by atoms with Crippen LogP contribution < -0.4 is 5.32 Å². The summed E-state index contributed by atoms with van der Waals surface area (Å²) in [6.07, 6.45) is 0. The highest BCUT2D eigenvalue weighted by molar-refractivity contribution is 7.89. The third-order valence-corrected chi connectivity index (χ3v) is 6.20. The van der Waals surface area contributed by atoms with Gasteiger partial charge in [-0.05, 0) is 49.2 Å². The summed E-state index contributed by atoms with van der Waals surface area (Å²) < 4.78 is 30.4. The molecule has 0 heterocycles. The van der Waals surface area contributed by atoms with Crippen LogP contribution in [-0.2, 0) is 24.4 Å². The second-order valence-corrected chi connectivity index (χ2v) is 8.50. The first-order valence-corrected chi connectivity index (χ1v) is 10.2. The number of hydrogen-bond donors (Lipinski definition) is 1. The molecule has 0 spiro atoms. The van der Waals surface area contributed by atoms with Gasteiger partial charge in [0.05, 0.1) is 17.7 Å². The van der Waals surface area contributed by atoms with Gasteiger partial charge in [0.25, 0.3) is 15.9 Å². The monoisotopic (exact) mass is 440 g/mol. The molecule has 0 bridgehead atoms. The van der Waals surface area contributed by atoms with E-state index in [0.717, 1.165) is 17.2 Å². The number of aryl methyl sites for hydroxylation is 2. The van der Waals surface area contributed by atoms with Crippen molar-refractivity contribution in [2.24, 2.45) is 0 Å². The van der Waals surface area contributed by atoms with Crippen molar-refractivity contribution in [3.63, 3.8) is 0 Å². The summed E-state index contributed by atoms with van der Waals surface area (Å²) in [5.74, 6) is -1.39. The molecule has 0 aromatic heterocycles. The van der Waals surface area contributed by atoms with Crippen LogP contribution in [0.3, 0.4) is 0 Å². The molecule has 0 aliphatic rings. The number of sulfonamides is 1. The Bertz CT molecular complexity index is 1040. The highest BCUT2D eigenvalue weighted by atomic mass is 35.5. The Morgan fingerprint density at radius 2 is 1.83 bits per heavy atom. The molecule has 2 rings (SSSR count). The molecule has 0 aliphatic heterocycles. The predicted molar refractivity (Wildman–Crippen MR) is 108 cm³/mol. The Balaban J connectivity index is 2.10. The van der Waals surface area contributed by atoms with Crippen molar-refractivity contribution < 1.29 is 27.6 Å². The molecule has 10 heteroatoms. The molecule has 0 saturated heterocycles. The van der Waals surface area contributed by atoms with E-state index in [1.54, 1.807) is 6.07 Å². The lowest BCUT2D eigenvalue weighted by atomic mass is 10.1. The van der Waals surface area contributed by atoms with Gasteiger partial charge in [0.2, 0.25) is 0 Å². The molecule has 0 fully saturated rings. The second-order valence-electron chi connectivity index (χ2n) is 6.19. The van der Waals surface area contributed by atoms with Crippen molar-refractivity contribution >= 4 is 39.2 Å². The molecule has 1 amide bonds. The van der Waals surface area contributed by atoms with Gasteiger partial charge in [-0.15, -0.1) is 0 Å². The smallest absolute Gasteiger partial charge is 0.338 e. The normalized spacial score (nSPS) is 11.4. The number of benzene rings is 2. The number of carbonyl (C=O) groups excluding carboxylic acids is 2. The maximum absolute atomic E-state index is 12.4. The van der Waals surface area contributed by atoms with Crippen LogP contribution in [0.15, 0.2) is 41.3 Å². The van der Waals surface area contributed by atoms with E-state index in [2.05, 4.69) is 5.32 Å². The number of hydrogen-bond acceptors (Lipinski definition) is 6. The predicted octanol–water partition coefficient (Wildman–Crippen LogP) is 2.93. The van der Waals surface area contributed by atoms with E-state index >= 15 is 0 Å². The van der Waals surface area contributed by atoms with Gasteiger partial charge < -0.3 is 10.1 Å². The summed E-state index contributed by atoms with van der Waals surface area (Å²) in [5, 5.41) is 2.58. The third kappa shape index (κ3) is 5.54. The molecule has 2 aromatic carbocycles. The number of ether oxygens (including phenoxy) is 1. The van der Waals surface area contributed by atoms with Crippen LogP contribution in [0.2, 0.25) is 5.02 Å². The van der Waals surface area contributed by atoms with Crippen molar-refractivity contribution in [3.05, 3.63) is 58.1 Å². The summed E-state index contributed by atoms with van der Waals surface area (Å²) in [5.41, 5.74) is 2.38. The van der Waals surface area contributed by atoms with Crippen molar-refractivity contribution in [1.82, 2.24) is 4.47 Å². The SMILES string of the molecule is CON(C)S(=O)(=O)c1cc(C(=O)OCC(=O)Nc2cc(C)ccc2C)ccc1Cl. The number of hydroxylamine groups is 1. The van der Waals surface area contributed by atoms with Gasteiger partial charge in [0, 0.05) is 12.7 Å². The van der Waals surface area contributed by atoms with Gasteiger partial charge in [-0.1, -0.05) is 28.2 Å². The van der Waals surface area contributed by atoms with Crippen LogP contribution in [0.4, 0.5) is 5.69 Å². The second kappa shape index (κ2) is 9.36. The van der Waals surface area contributed by atoms with E-state index in [0.29, 0.717) is 10.2 Å². The Kier molecular flexibility index (Phi) is 7.37. The number of anilines is 1. The molecule has 1 N–H and O–H groups in total. The maximum atomic E-state index is 12.4. The van der Waals surface area contributed by atoms with Crippen molar-refractivity contribution in [2.75, 3.05) is 26.1 Å². The fourth-order valence-corrected chi connectivity index (χ4v) is 3.81. The molecule has 2 aromatic rings. The fraction of sp³-hybridized carbons (Fsp3) is 0.263. The Morgan fingerprint density at radius 3 is 2.48 bits per heavy atom. The first-order chi connectivity index (χ1) is 13.6. The first kappa shape index (κ1) is 22.8. The number of amides is 1. The zero-order valence-electron chi connectivity index (χ0n) is 16.4. The molecule has 8 nitrogen and oxygen atoms in total. The number of rotatable bonds is 7. The van der Waals surface area contributed by atoms with Crippen molar-refractivity contribution in [2.45, 2.75) is 18.7 Å². The average molecular weight is 441 g/mol. The minimum Gasteiger partial charge on any atom is -0.452 e. The van der Waals surface area contributed by atoms with E-state index in [-0.39, 0.29) is 15.5 Å². The van der Waals surface area contributed by atoms with Crippen molar-refractivity contribution in [3.8, 4) is 0 Å². The van der Waals surface area contributed by atoms with Crippen LogP contribution >= 0.6 is 11.6 Å². The third-order valence-electron chi connectivity index (χ3n) is 4.04. The number of nitrogens with zero attached hydrogens (tertiary/aromatic N) is 1. The lowest BCUT2D eigenvalue weighted by Gasteiger charge is -2.15. The highest BCUT2D eigenvalue weighted by Gasteiger charge is 2.25. The molecular formula is C19H21ClN2O6S. The van der Waals surface area contributed by atoms with Crippen molar-refractivity contribution in [1.29, 1.82) is 0 Å². The van der Waals surface area contributed by atoms with Gasteiger partial charge >= 0.3 is 5.97 Å². The fourth-order valence-electron chi connectivity index (χ4n) is 2.34. The first-order valence-electron chi connectivity index (χ1n) is 8.43. The van der Waals surface area contributed by atoms with Gasteiger partial charge in [0.15, 0.2) is 6.61 Å². The molecule has 0 radical (unpaired) electrons. The Hall–Kier alpha value is -2.46. The van der Waals surface area contributed by atoms with E-state index in [9.17, 15) is 18.0 Å². The van der Waals surface area contributed by atoms with E-state index < -0.39 is 28.5 Å². The van der Waals surface area contributed by atoms with Crippen LogP contribution in [0.5, 0.6) is 0 Å². The van der Waals surface area contributed by atoms with Crippen LogP contribution in [0.1, 0.15) is 21.5 Å². The molecule has 0 atom stereocenters. The quantitative estimate of drug-likeness (QED) is 0.524. The van der Waals surface area contributed by atoms with E-state index in [4.69, 9.17) is 21.2 Å². The molecule has 156 valence electrons. The van der Waals surface area contributed by atoms with Gasteiger partial charge in [0.1, 0.15) is 4.90 Å². The highest BCUT2D eigenvalue weighted by Crippen LogP contribution is 2.25. The molecule has 0 saturated carbocycles. The summed E-state index contributed by atoms with van der Waals surface area (Å²) in [6, 6.07) is 9.21. The standard InChI is InChI=1S/C19H21ClN2O6S/c1-12-5-6-13(2)16(9-12)21-18(23)11-28-19(24)14-7-8-15(20)17(10-14)29(25,26)22(3)27-4/h5-10H,11H2,1-4H3,(H,21,23). The zero-order valence-corrected chi connectivity index (χ0v) is 17.9. The Morgan fingerprint density at radius 1 is 1.14 bits per heavy atom. The van der Waals surface area contributed by atoms with Gasteiger partial charge in [-0.3, -0.25) is 9.63 Å². The molecular weight excluding hydrogens is 420 g/mol. The lowest BCUT2D eigenvalue weighted by Crippen LogP contribution is -2.26. The molecule has 0 unspecified atom stereocenters. The summed E-state index contributed by atoms with van der Waals surface area (Å²) >= 11 is 5.95. The van der Waals surface area contributed by atoms with E-state index in [1.165, 1.54) is 26.3 Å². The zero-order chi connectivity index (χ0) is 21.8. The van der Waals surface area contributed by atoms with Crippen LogP contribution in [0.25, 0.3) is 0 Å². The summed E-state index contributed by atoms with van der Waals surface area (Å²) in [4.78, 5) is 28.7. The van der Waals surface area contributed by atoms with E-state index in [1.807, 2.05) is 26.0 Å². The number of carbonyl (C=O) groups is 2. The largest absolute Gasteiger partial charge is 0.452 e. The minimum absolute atomic E-state index is 0.0722. The minimum atomic E-state index is -4.06. The average Bonchev–Trinajstić information content (AvgIpc) is 2.68.